The molecule has 1 aromatic carbocycles. The lowest BCUT2D eigenvalue weighted by Crippen LogP contribution is -2.41. The van der Waals surface area contributed by atoms with Gasteiger partial charge in [0.2, 0.25) is 0 Å². The van der Waals surface area contributed by atoms with Gasteiger partial charge in [0.05, 0.1) is 7.11 Å². The first kappa shape index (κ1) is 13.7. The predicted octanol–water partition coefficient (Wildman–Crippen LogP) is 3.13. The second-order valence-corrected chi connectivity index (χ2v) is 6.29. The van der Waals surface area contributed by atoms with Gasteiger partial charge in [0.15, 0.2) is 0 Å². The van der Waals surface area contributed by atoms with Gasteiger partial charge in [0, 0.05) is 18.8 Å². The van der Waals surface area contributed by atoms with Gasteiger partial charge >= 0.3 is 0 Å². The molecular formula is C17H26N2O. The molecule has 0 heterocycles. The zero-order valence-corrected chi connectivity index (χ0v) is 12.4. The summed E-state index contributed by atoms with van der Waals surface area (Å²) in [4.78, 5) is 0. The Bertz CT molecular complexity index is 409. The molecule has 3 fully saturated rings. The number of ether oxygens (including phenoxy) is 1. The Morgan fingerprint density at radius 2 is 1.90 bits per heavy atom. The van der Waals surface area contributed by atoms with Crippen LogP contribution in [0, 0.1) is 17.8 Å². The maximum absolute atomic E-state index is 5.15. The molecule has 4 rings (SSSR count). The summed E-state index contributed by atoms with van der Waals surface area (Å²) in [5, 5.41) is 7.05. The Labute approximate surface area is 122 Å². The van der Waals surface area contributed by atoms with Crippen LogP contribution in [0.4, 0.5) is 5.69 Å². The summed E-state index contributed by atoms with van der Waals surface area (Å²) in [5.41, 5.74) is 1.16. The van der Waals surface area contributed by atoms with Crippen LogP contribution in [0.15, 0.2) is 24.3 Å². The molecule has 3 saturated carbocycles. The van der Waals surface area contributed by atoms with Gasteiger partial charge in [-0.05, 0) is 67.8 Å². The van der Waals surface area contributed by atoms with E-state index in [0.717, 1.165) is 42.3 Å². The number of nitrogens with one attached hydrogen (secondary N) is 2. The van der Waals surface area contributed by atoms with E-state index in [4.69, 9.17) is 4.74 Å². The summed E-state index contributed by atoms with van der Waals surface area (Å²) >= 11 is 0. The van der Waals surface area contributed by atoms with Crippen molar-refractivity contribution in [2.45, 2.75) is 25.7 Å². The molecule has 0 amide bonds. The average Bonchev–Trinajstić information content (AvgIpc) is 2.47. The molecule has 1 aromatic rings. The van der Waals surface area contributed by atoms with Crippen molar-refractivity contribution in [2.24, 2.45) is 17.8 Å². The van der Waals surface area contributed by atoms with E-state index in [-0.39, 0.29) is 0 Å². The predicted molar refractivity (Wildman–Crippen MR) is 83.3 cm³/mol. The quantitative estimate of drug-likeness (QED) is 0.749. The number of fused-ring (bicyclic) bond motifs is 2. The highest BCUT2D eigenvalue weighted by Gasteiger charge is 2.39. The molecule has 3 aliphatic rings. The zero-order valence-electron chi connectivity index (χ0n) is 12.4. The third-order valence-electron chi connectivity index (χ3n) is 5.01. The first-order chi connectivity index (χ1) is 9.85. The minimum Gasteiger partial charge on any atom is -0.497 e. The Morgan fingerprint density at radius 3 is 2.55 bits per heavy atom. The van der Waals surface area contributed by atoms with Gasteiger partial charge in [0.25, 0.3) is 0 Å². The summed E-state index contributed by atoms with van der Waals surface area (Å²) in [6, 6.07) is 8.11. The van der Waals surface area contributed by atoms with Crippen molar-refractivity contribution in [2.75, 3.05) is 32.1 Å². The number of methoxy groups -OCH3 is 1. The summed E-state index contributed by atoms with van der Waals surface area (Å²) in [6.45, 7) is 3.23. The van der Waals surface area contributed by atoms with Crippen LogP contribution >= 0.6 is 0 Å². The van der Waals surface area contributed by atoms with Crippen molar-refractivity contribution in [3.8, 4) is 5.75 Å². The van der Waals surface area contributed by atoms with E-state index >= 15 is 0 Å². The lowest BCUT2D eigenvalue weighted by atomic mass is 9.60. The Kier molecular flexibility index (Phi) is 4.46. The van der Waals surface area contributed by atoms with Crippen LogP contribution in [0.25, 0.3) is 0 Å². The summed E-state index contributed by atoms with van der Waals surface area (Å²) in [6.07, 6.45) is 5.95. The number of hydrogen-bond donors (Lipinski definition) is 2. The summed E-state index contributed by atoms with van der Waals surface area (Å²) in [5.74, 6) is 3.98. The molecule has 3 aliphatic carbocycles. The Hall–Kier alpha value is -1.22. The first-order valence-corrected chi connectivity index (χ1v) is 7.94. The molecule has 2 N–H and O–H groups in total. The van der Waals surface area contributed by atoms with E-state index in [1.54, 1.807) is 7.11 Å². The monoisotopic (exact) mass is 274 g/mol. The number of benzene rings is 1. The molecule has 0 aromatic heterocycles. The minimum absolute atomic E-state index is 0.907. The van der Waals surface area contributed by atoms with Gasteiger partial charge in [-0.15, -0.1) is 0 Å². The van der Waals surface area contributed by atoms with Crippen molar-refractivity contribution < 1.29 is 4.74 Å². The molecule has 110 valence electrons. The topological polar surface area (TPSA) is 33.3 Å². The molecule has 1 unspecified atom stereocenters. The van der Waals surface area contributed by atoms with Crippen molar-refractivity contribution in [1.29, 1.82) is 0 Å². The number of hydrogen-bond acceptors (Lipinski definition) is 3. The van der Waals surface area contributed by atoms with Crippen LogP contribution in [0.2, 0.25) is 0 Å². The van der Waals surface area contributed by atoms with Gasteiger partial charge < -0.3 is 15.4 Å². The Balaban J connectivity index is 1.29. The van der Waals surface area contributed by atoms with Crippen LogP contribution in [0.3, 0.4) is 0 Å². The molecule has 1 atom stereocenters. The van der Waals surface area contributed by atoms with Crippen LogP contribution in [-0.2, 0) is 0 Å². The normalized spacial score (nSPS) is 27.8. The van der Waals surface area contributed by atoms with Crippen molar-refractivity contribution in [3.63, 3.8) is 0 Å². The van der Waals surface area contributed by atoms with E-state index in [1.165, 1.54) is 32.2 Å². The average molecular weight is 274 g/mol. The smallest absolute Gasteiger partial charge is 0.119 e. The Morgan fingerprint density at radius 1 is 1.10 bits per heavy atom. The fourth-order valence-electron chi connectivity index (χ4n) is 3.65. The third-order valence-corrected chi connectivity index (χ3v) is 5.01. The van der Waals surface area contributed by atoms with Crippen LogP contribution in [0.1, 0.15) is 25.7 Å². The van der Waals surface area contributed by atoms with Crippen LogP contribution in [-0.4, -0.2) is 26.7 Å². The van der Waals surface area contributed by atoms with Gasteiger partial charge in [-0.25, -0.2) is 0 Å². The van der Waals surface area contributed by atoms with Crippen molar-refractivity contribution in [3.05, 3.63) is 24.3 Å². The van der Waals surface area contributed by atoms with Gasteiger partial charge in [-0.3, -0.25) is 0 Å². The van der Waals surface area contributed by atoms with Crippen LogP contribution in [0.5, 0.6) is 5.75 Å². The molecule has 2 bridgehead atoms. The van der Waals surface area contributed by atoms with E-state index in [0.29, 0.717) is 0 Å². The van der Waals surface area contributed by atoms with E-state index < -0.39 is 0 Å². The molecule has 0 aliphatic heterocycles. The number of rotatable bonds is 7. The SMILES string of the molecule is COc1ccc(NCCNCC2CCC3CC2C3)cc1. The van der Waals surface area contributed by atoms with E-state index in [9.17, 15) is 0 Å². The summed E-state index contributed by atoms with van der Waals surface area (Å²) < 4.78 is 5.15. The fraction of sp³-hybridized carbons (Fsp3) is 0.647. The van der Waals surface area contributed by atoms with Gasteiger partial charge in [0.1, 0.15) is 5.75 Å². The molecule has 0 radical (unpaired) electrons. The molecule has 3 nitrogen and oxygen atoms in total. The molecule has 20 heavy (non-hydrogen) atoms. The molecule has 0 saturated heterocycles. The maximum Gasteiger partial charge on any atom is 0.119 e. The largest absolute Gasteiger partial charge is 0.497 e. The molecule has 3 heteroatoms. The lowest BCUT2D eigenvalue weighted by molar-refractivity contribution is 0.0502. The first-order valence-electron chi connectivity index (χ1n) is 7.94. The highest BCUT2D eigenvalue weighted by molar-refractivity contribution is 5.46. The fourth-order valence-corrected chi connectivity index (χ4v) is 3.65. The van der Waals surface area contributed by atoms with E-state index in [1.807, 2.05) is 12.1 Å². The second kappa shape index (κ2) is 6.49. The number of anilines is 1. The van der Waals surface area contributed by atoms with Gasteiger partial charge in [-0.2, -0.15) is 0 Å². The summed E-state index contributed by atoms with van der Waals surface area (Å²) in [7, 11) is 1.70. The molecular weight excluding hydrogens is 248 g/mol. The zero-order chi connectivity index (χ0) is 13.8. The van der Waals surface area contributed by atoms with E-state index in [2.05, 4.69) is 22.8 Å². The lowest BCUT2D eigenvalue weighted by Gasteiger charge is -2.46. The minimum atomic E-state index is 0.907. The van der Waals surface area contributed by atoms with Gasteiger partial charge in [-0.1, -0.05) is 6.42 Å². The second-order valence-electron chi connectivity index (χ2n) is 6.29. The molecule has 0 spiro atoms. The highest BCUT2D eigenvalue weighted by Crippen LogP contribution is 2.48. The third kappa shape index (κ3) is 3.26. The standard InChI is InChI=1S/C17H26N2O/c1-20-17-6-4-16(5-7-17)19-9-8-18-12-14-3-2-13-10-15(14)11-13/h4-7,13-15,18-19H,2-3,8-12H2,1H3. The van der Waals surface area contributed by atoms with Crippen molar-refractivity contribution in [1.82, 2.24) is 5.32 Å². The van der Waals surface area contributed by atoms with Crippen molar-refractivity contribution >= 4 is 5.69 Å². The van der Waals surface area contributed by atoms with Crippen LogP contribution < -0.4 is 15.4 Å². The highest BCUT2D eigenvalue weighted by atomic mass is 16.5. The maximum atomic E-state index is 5.15.